The van der Waals surface area contributed by atoms with Gasteiger partial charge in [0, 0.05) is 11.6 Å². The molecule has 1 rings (SSSR count). The van der Waals surface area contributed by atoms with Gasteiger partial charge < -0.3 is 0 Å². The number of rotatable bonds is 2. The lowest BCUT2D eigenvalue weighted by atomic mass is 10.5. The minimum absolute atomic E-state index is 0.793. The number of aromatic nitrogens is 2. The first-order chi connectivity index (χ1) is 4.75. The number of imidazole rings is 1. The summed E-state index contributed by atoms with van der Waals surface area (Å²) in [6.07, 6.45) is 5.07. The Morgan fingerprint density at radius 1 is 1.70 bits per heavy atom. The average molecular weight is 160 g/mol. The van der Waals surface area contributed by atoms with Gasteiger partial charge in [-0.3, -0.25) is 0 Å². The second kappa shape index (κ2) is 3.06. The fraction of sp³-hybridized carbons (Fsp3) is 0.571. The molecule has 0 spiro atoms. The first kappa shape index (κ1) is 7.61. The van der Waals surface area contributed by atoms with E-state index in [0.29, 0.717) is 0 Å². The molecular weight excluding hydrogens is 148 g/mol. The molecule has 0 radical (unpaired) electrons. The van der Waals surface area contributed by atoms with Crippen molar-refractivity contribution >= 4 is 11.6 Å². The van der Waals surface area contributed by atoms with Crippen LogP contribution in [0.25, 0.3) is 0 Å². The molecule has 3 heteroatoms. The first-order valence-corrected chi connectivity index (χ1v) is 3.83. The molecule has 0 aromatic carbocycles. The van der Waals surface area contributed by atoms with Gasteiger partial charge >= 0.3 is 5.28 Å². The van der Waals surface area contributed by atoms with E-state index < -0.39 is 0 Å². The van der Waals surface area contributed by atoms with E-state index in [4.69, 9.17) is 11.6 Å². The largest absolute Gasteiger partial charge is 0.354 e. The van der Waals surface area contributed by atoms with Gasteiger partial charge in [0.15, 0.2) is 0 Å². The van der Waals surface area contributed by atoms with Crippen molar-refractivity contribution < 1.29 is 4.57 Å². The highest BCUT2D eigenvalue weighted by Gasteiger charge is 2.08. The maximum Gasteiger partial charge on any atom is 0.354 e. The van der Waals surface area contributed by atoms with E-state index in [1.807, 2.05) is 28.6 Å². The maximum atomic E-state index is 5.91. The highest BCUT2D eigenvalue weighted by atomic mass is 35.5. The Hall–Kier alpha value is -0.500. The fourth-order valence-electron chi connectivity index (χ4n) is 0.914. The van der Waals surface area contributed by atoms with Gasteiger partial charge in [0.05, 0.1) is 13.6 Å². The molecule has 0 saturated carbocycles. The van der Waals surface area contributed by atoms with Gasteiger partial charge in [-0.05, 0) is 6.42 Å². The second-order valence-corrected chi connectivity index (χ2v) is 2.71. The van der Waals surface area contributed by atoms with Gasteiger partial charge in [0.25, 0.3) is 0 Å². The Labute approximate surface area is 66.0 Å². The average Bonchev–Trinajstić information content (AvgIpc) is 2.20. The molecule has 1 heterocycles. The van der Waals surface area contributed by atoms with Crippen molar-refractivity contribution in [2.75, 3.05) is 0 Å². The minimum atomic E-state index is 0.793. The highest BCUT2D eigenvalue weighted by Crippen LogP contribution is 1.99. The lowest BCUT2D eigenvalue weighted by molar-refractivity contribution is -0.694. The molecule has 0 atom stereocenters. The third-order valence-electron chi connectivity index (χ3n) is 1.46. The molecule has 0 amide bonds. The molecule has 0 unspecified atom stereocenters. The Kier molecular flexibility index (Phi) is 2.33. The lowest BCUT2D eigenvalue weighted by Gasteiger charge is -1.91. The molecule has 0 aliphatic heterocycles. The third-order valence-corrected chi connectivity index (χ3v) is 1.95. The second-order valence-electron chi connectivity index (χ2n) is 2.37. The smallest absolute Gasteiger partial charge is 0.223 e. The SMILES string of the molecule is CCC[n+]1ccn(C)c1Cl. The number of nitrogens with zero attached hydrogens (tertiary/aromatic N) is 2. The maximum absolute atomic E-state index is 5.91. The van der Waals surface area contributed by atoms with Crippen LogP contribution in [0.2, 0.25) is 5.28 Å². The molecule has 0 aliphatic rings. The van der Waals surface area contributed by atoms with Gasteiger partial charge in [0.2, 0.25) is 0 Å². The van der Waals surface area contributed by atoms with E-state index in [2.05, 4.69) is 6.92 Å². The number of hydrogen-bond donors (Lipinski definition) is 0. The molecule has 1 aromatic rings. The molecule has 0 bridgehead atoms. The van der Waals surface area contributed by atoms with Gasteiger partial charge in [-0.15, -0.1) is 0 Å². The summed E-state index contributed by atoms with van der Waals surface area (Å²) in [7, 11) is 1.94. The highest BCUT2D eigenvalue weighted by molar-refractivity contribution is 6.27. The van der Waals surface area contributed by atoms with Crippen molar-refractivity contribution in [3.63, 3.8) is 0 Å². The third kappa shape index (κ3) is 1.32. The molecule has 56 valence electrons. The van der Waals surface area contributed by atoms with Crippen molar-refractivity contribution in [3.05, 3.63) is 17.7 Å². The predicted molar refractivity (Wildman–Crippen MR) is 40.9 cm³/mol. The summed E-state index contributed by atoms with van der Waals surface area (Å²) in [6.45, 7) is 3.13. The molecule has 10 heavy (non-hydrogen) atoms. The van der Waals surface area contributed by atoms with Crippen LogP contribution in [-0.2, 0) is 13.6 Å². The minimum Gasteiger partial charge on any atom is -0.223 e. The van der Waals surface area contributed by atoms with Crippen LogP contribution in [0.1, 0.15) is 13.3 Å². The van der Waals surface area contributed by atoms with Crippen LogP contribution in [0.15, 0.2) is 12.4 Å². The van der Waals surface area contributed by atoms with Crippen molar-refractivity contribution in [1.29, 1.82) is 0 Å². The Morgan fingerprint density at radius 2 is 2.40 bits per heavy atom. The zero-order valence-corrected chi connectivity index (χ0v) is 7.10. The van der Waals surface area contributed by atoms with Crippen molar-refractivity contribution in [2.24, 2.45) is 7.05 Å². The first-order valence-electron chi connectivity index (χ1n) is 3.46. The summed E-state index contributed by atoms with van der Waals surface area (Å²) in [5.74, 6) is 0. The van der Waals surface area contributed by atoms with Crippen molar-refractivity contribution in [2.45, 2.75) is 19.9 Å². The van der Waals surface area contributed by atoms with Crippen LogP contribution in [-0.4, -0.2) is 4.57 Å². The predicted octanol–water partition coefficient (Wildman–Crippen LogP) is 1.38. The molecule has 0 N–H and O–H groups in total. The van der Waals surface area contributed by atoms with Crippen LogP contribution in [0.3, 0.4) is 0 Å². The molecule has 1 aromatic heterocycles. The van der Waals surface area contributed by atoms with Gasteiger partial charge in [-0.25, -0.2) is 9.13 Å². The molecule has 2 nitrogen and oxygen atoms in total. The number of hydrogen-bond acceptors (Lipinski definition) is 0. The normalized spacial score (nSPS) is 10.3. The number of halogens is 1. The van der Waals surface area contributed by atoms with E-state index in [9.17, 15) is 0 Å². The zero-order valence-electron chi connectivity index (χ0n) is 6.34. The Bertz CT molecular complexity index is 217. The van der Waals surface area contributed by atoms with Crippen LogP contribution in [0.4, 0.5) is 0 Å². The lowest BCUT2D eigenvalue weighted by Crippen LogP contribution is -2.32. The Morgan fingerprint density at radius 3 is 2.80 bits per heavy atom. The molecule has 0 saturated heterocycles. The van der Waals surface area contributed by atoms with E-state index >= 15 is 0 Å². The topological polar surface area (TPSA) is 8.81 Å². The van der Waals surface area contributed by atoms with E-state index in [1.165, 1.54) is 0 Å². The van der Waals surface area contributed by atoms with Gasteiger partial charge in [-0.2, -0.15) is 0 Å². The van der Waals surface area contributed by atoms with E-state index in [1.54, 1.807) is 0 Å². The quantitative estimate of drug-likeness (QED) is 0.577. The molecule has 0 aliphatic carbocycles. The monoisotopic (exact) mass is 159 g/mol. The fourth-order valence-corrected chi connectivity index (χ4v) is 1.11. The Balaban J connectivity index is 2.83. The van der Waals surface area contributed by atoms with E-state index in [0.717, 1.165) is 18.2 Å². The van der Waals surface area contributed by atoms with Crippen molar-refractivity contribution in [1.82, 2.24) is 4.57 Å². The van der Waals surface area contributed by atoms with Gasteiger partial charge in [0.1, 0.15) is 12.4 Å². The number of aryl methyl sites for hydroxylation is 2. The molecular formula is C7H12ClN2+. The summed E-state index contributed by atoms with van der Waals surface area (Å²) in [6, 6.07) is 0. The summed E-state index contributed by atoms with van der Waals surface area (Å²) < 4.78 is 3.93. The van der Waals surface area contributed by atoms with E-state index in [-0.39, 0.29) is 0 Å². The standard InChI is InChI=1S/C7H12ClN2/c1-3-4-10-6-5-9(2)7(10)8/h5-6H,3-4H2,1-2H3/q+1. The summed E-state index contributed by atoms with van der Waals surface area (Å²) >= 11 is 5.91. The summed E-state index contributed by atoms with van der Waals surface area (Å²) in [4.78, 5) is 0. The van der Waals surface area contributed by atoms with Gasteiger partial charge in [-0.1, -0.05) is 6.92 Å². The van der Waals surface area contributed by atoms with Crippen molar-refractivity contribution in [3.8, 4) is 0 Å². The zero-order chi connectivity index (χ0) is 7.56. The van der Waals surface area contributed by atoms with Crippen LogP contribution in [0, 0.1) is 0 Å². The summed E-state index contributed by atoms with van der Waals surface area (Å²) in [5.41, 5.74) is 0. The van der Waals surface area contributed by atoms with Crippen LogP contribution < -0.4 is 4.57 Å². The molecule has 0 fully saturated rings. The van der Waals surface area contributed by atoms with Crippen LogP contribution in [0.5, 0.6) is 0 Å². The van der Waals surface area contributed by atoms with Crippen LogP contribution >= 0.6 is 11.6 Å². The summed E-state index contributed by atoms with van der Waals surface area (Å²) in [5, 5.41) is 0.793.